The molecule has 1 amide bonds. The van der Waals surface area contributed by atoms with Gasteiger partial charge >= 0.3 is 0 Å². The van der Waals surface area contributed by atoms with Gasteiger partial charge in [0.15, 0.2) is 12.3 Å². The molecule has 31 heavy (non-hydrogen) atoms. The van der Waals surface area contributed by atoms with E-state index in [-0.39, 0.29) is 18.6 Å². The highest BCUT2D eigenvalue weighted by atomic mass is 16.5. The molecule has 4 rings (SSSR count). The van der Waals surface area contributed by atoms with Crippen LogP contribution in [0.1, 0.15) is 25.8 Å². The summed E-state index contributed by atoms with van der Waals surface area (Å²) in [6, 6.07) is 21.9. The normalized spacial score (nSPS) is 12.0. The summed E-state index contributed by atoms with van der Waals surface area (Å²) < 4.78 is 7.57. The van der Waals surface area contributed by atoms with Gasteiger partial charge in [0.2, 0.25) is 5.88 Å². The third-order valence-electron chi connectivity index (χ3n) is 5.23. The molecule has 0 aliphatic rings. The number of benzene rings is 2. The molecule has 6 nitrogen and oxygen atoms in total. The number of carbonyl (C=O) groups is 1. The molecule has 0 fully saturated rings. The van der Waals surface area contributed by atoms with Crippen molar-refractivity contribution in [3.63, 3.8) is 0 Å². The maximum Gasteiger partial charge on any atom is 0.258 e. The summed E-state index contributed by atoms with van der Waals surface area (Å²) in [4.78, 5) is 16.9. The lowest BCUT2D eigenvalue weighted by Crippen LogP contribution is -2.35. The minimum atomic E-state index is -0.157. The summed E-state index contributed by atoms with van der Waals surface area (Å²) in [6.45, 7) is 5.93. The summed E-state index contributed by atoms with van der Waals surface area (Å²) >= 11 is 0. The number of hydrogen-bond acceptors (Lipinski definition) is 4. The van der Waals surface area contributed by atoms with Crippen LogP contribution in [0.3, 0.4) is 0 Å². The van der Waals surface area contributed by atoms with E-state index < -0.39 is 0 Å². The van der Waals surface area contributed by atoms with Crippen molar-refractivity contribution < 1.29 is 9.53 Å². The van der Waals surface area contributed by atoms with Gasteiger partial charge in [-0.15, -0.1) is 0 Å². The van der Waals surface area contributed by atoms with Gasteiger partial charge in [-0.25, -0.2) is 4.68 Å². The third-order valence-corrected chi connectivity index (χ3v) is 5.23. The maximum absolute atomic E-state index is 12.1. The van der Waals surface area contributed by atoms with Gasteiger partial charge in [-0.2, -0.15) is 10.1 Å². The van der Waals surface area contributed by atoms with Crippen LogP contribution < -0.4 is 10.1 Å². The fraction of sp³-hybridized carbons (Fsp3) is 0.240. The van der Waals surface area contributed by atoms with E-state index >= 15 is 0 Å². The van der Waals surface area contributed by atoms with Gasteiger partial charge in [0.05, 0.1) is 11.1 Å². The Labute approximate surface area is 181 Å². The first-order chi connectivity index (χ1) is 15.1. The van der Waals surface area contributed by atoms with E-state index in [9.17, 15) is 4.79 Å². The molecule has 0 aliphatic heterocycles. The van der Waals surface area contributed by atoms with Crippen LogP contribution in [0.25, 0.3) is 28.0 Å². The van der Waals surface area contributed by atoms with E-state index in [4.69, 9.17) is 14.8 Å². The topological polar surface area (TPSA) is 69.0 Å². The number of carbonyl (C=O) groups excluding carboxylic acids is 1. The van der Waals surface area contributed by atoms with Crippen LogP contribution in [-0.2, 0) is 4.79 Å². The number of aromatic nitrogens is 3. The summed E-state index contributed by atoms with van der Waals surface area (Å²) in [5.74, 6) is 0.247. The van der Waals surface area contributed by atoms with Crippen LogP contribution in [0.2, 0.25) is 0 Å². The molecule has 0 bridgehead atoms. The Morgan fingerprint density at radius 1 is 1.10 bits per heavy atom. The van der Waals surface area contributed by atoms with E-state index in [0.29, 0.717) is 11.5 Å². The Morgan fingerprint density at radius 3 is 2.45 bits per heavy atom. The number of nitrogens with zero attached hydrogens (tertiary/aromatic N) is 3. The second-order valence-electron chi connectivity index (χ2n) is 7.60. The number of nitrogens with one attached hydrogen (secondary N) is 1. The van der Waals surface area contributed by atoms with Gasteiger partial charge < -0.3 is 10.1 Å². The lowest BCUT2D eigenvalue weighted by atomic mass is 10.1. The van der Waals surface area contributed by atoms with Crippen molar-refractivity contribution in [1.29, 1.82) is 0 Å². The van der Waals surface area contributed by atoms with Gasteiger partial charge in [-0.05, 0) is 38.0 Å². The van der Waals surface area contributed by atoms with E-state index in [1.807, 2.05) is 92.2 Å². The van der Waals surface area contributed by atoms with Gasteiger partial charge in [-0.1, -0.05) is 55.5 Å². The maximum atomic E-state index is 12.1. The fourth-order valence-electron chi connectivity index (χ4n) is 3.45. The molecule has 0 saturated heterocycles. The molecule has 1 atom stereocenters. The Hall–Kier alpha value is -3.67. The average Bonchev–Trinajstić information content (AvgIpc) is 3.19. The van der Waals surface area contributed by atoms with Crippen molar-refractivity contribution in [3.8, 4) is 22.8 Å². The molecule has 158 valence electrons. The smallest absolute Gasteiger partial charge is 0.258 e. The number of ether oxygens (including phenoxy) is 1. The van der Waals surface area contributed by atoms with E-state index in [0.717, 1.165) is 34.3 Å². The van der Waals surface area contributed by atoms with Gasteiger partial charge in [-0.3, -0.25) is 4.79 Å². The van der Waals surface area contributed by atoms with Gasteiger partial charge in [0.25, 0.3) is 5.91 Å². The molecule has 1 N–H and O–H groups in total. The lowest BCUT2D eigenvalue weighted by molar-refractivity contribution is -0.123. The summed E-state index contributed by atoms with van der Waals surface area (Å²) in [7, 11) is 0. The van der Waals surface area contributed by atoms with Crippen molar-refractivity contribution in [2.75, 3.05) is 6.61 Å². The van der Waals surface area contributed by atoms with Crippen molar-refractivity contribution in [2.24, 2.45) is 0 Å². The zero-order chi connectivity index (χ0) is 21.8. The highest BCUT2D eigenvalue weighted by molar-refractivity contribution is 5.95. The first-order valence-electron chi connectivity index (χ1n) is 10.5. The molecule has 0 spiro atoms. The van der Waals surface area contributed by atoms with E-state index in [1.165, 1.54) is 0 Å². The molecule has 0 radical (unpaired) electrons. The summed E-state index contributed by atoms with van der Waals surface area (Å²) in [6.07, 6.45) is 0.869. The number of rotatable bonds is 7. The molecule has 0 aliphatic carbocycles. The fourth-order valence-corrected chi connectivity index (χ4v) is 3.45. The quantitative estimate of drug-likeness (QED) is 0.476. The molecule has 0 saturated carbocycles. The molecule has 6 heteroatoms. The number of amides is 1. The SMILES string of the molecule is CC[C@H](C)NC(=O)COc1cc(C)c2c(-c3ccccc3)nn(-c3ccccc3)c2n1. The highest BCUT2D eigenvalue weighted by Gasteiger charge is 2.19. The van der Waals surface area contributed by atoms with Crippen LogP contribution in [0, 0.1) is 6.92 Å². The first-order valence-corrected chi connectivity index (χ1v) is 10.5. The van der Waals surface area contributed by atoms with Gasteiger partial charge in [0, 0.05) is 17.7 Å². The molecule has 2 aromatic carbocycles. The Kier molecular flexibility index (Phi) is 5.98. The molecule has 4 aromatic rings. The summed E-state index contributed by atoms with van der Waals surface area (Å²) in [5, 5.41) is 8.77. The van der Waals surface area contributed by atoms with Crippen LogP contribution in [0.5, 0.6) is 5.88 Å². The second kappa shape index (κ2) is 9.00. The molecule has 0 unspecified atom stereocenters. The highest BCUT2D eigenvalue weighted by Crippen LogP contribution is 2.33. The minimum Gasteiger partial charge on any atom is -0.468 e. The third kappa shape index (κ3) is 4.43. The zero-order valence-electron chi connectivity index (χ0n) is 18.0. The molecule has 2 aromatic heterocycles. The van der Waals surface area contributed by atoms with Crippen molar-refractivity contribution in [3.05, 3.63) is 72.3 Å². The predicted octanol–water partition coefficient (Wildman–Crippen LogP) is 4.69. The van der Waals surface area contributed by atoms with Crippen LogP contribution in [0.15, 0.2) is 66.7 Å². The molecular weight excluding hydrogens is 388 g/mol. The monoisotopic (exact) mass is 414 g/mol. The Balaban J connectivity index is 1.76. The van der Waals surface area contributed by atoms with Gasteiger partial charge in [0.1, 0.15) is 5.69 Å². The summed E-state index contributed by atoms with van der Waals surface area (Å²) in [5.41, 5.74) is 4.48. The largest absolute Gasteiger partial charge is 0.468 e. The number of hydrogen-bond donors (Lipinski definition) is 1. The number of aryl methyl sites for hydroxylation is 1. The number of para-hydroxylation sites is 1. The Bertz CT molecular complexity index is 1190. The molecular formula is C25H26N4O2. The minimum absolute atomic E-state index is 0.0761. The molecule has 2 heterocycles. The van der Waals surface area contributed by atoms with Crippen LogP contribution in [0.4, 0.5) is 0 Å². The van der Waals surface area contributed by atoms with Crippen molar-refractivity contribution in [2.45, 2.75) is 33.2 Å². The number of fused-ring (bicyclic) bond motifs is 1. The van der Waals surface area contributed by atoms with E-state index in [1.54, 1.807) is 0 Å². The van der Waals surface area contributed by atoms with Crippen molar-refractivity contribution >= 4 is 16.9 Å². The standard InChI is InChI=1S/C25H26N4O2/c1-4-18(3)26-21(30)16-31-22-15-17(2)23-24(19-11-7-5-8-12-19)28-29(25(23)27-22)20-13-9-6-10-14-20/h5-15,18H,4,16H2,1-3H3,(H,26,30)/t18-/m0/s1. The zero-order valence-corrected chi connectivity index (χ0v) is 18.0. The Morgan fingerprint density at radius 2 is 1.77 bits per heavy atom. The average molecular weight is 415 g/mol. The lowest BCUT2D eigenvalue weighted by Gasteiger charge is -2.12. The van der Waals surface area contributed by atoms with Crippen molar-refractivity contribution in [1.82, 2.24) is 20.1 Å². The van der Waals surface area contributed by atoms with E-state index in [2.05, 4.69) is 5.32 Å². The number of pyridine rings is 1. The first kappa shape index (κ1) is 20.6. The van der Waals surface area contributed by atoms with Crippen LogP contribution in [-0.4, -0.2) is 33.3 Å². The predicted molar refractivity (Wildman–Crippen MR) is 122 cm³/mol. The second-order valence-corrected chi connectivity index (χ2v) is 7.60. The van der Waals surface area contributed by atoms with Crippen LogP contribution >= 0.6 is 0 Å².